The minimum absolute atomic E-state index is 0.0703. The Hall–Kier alpha value is -4.32. The van der Waals surface area contributed by atoms with E-state index in [2.05, 4.69) is 0 Å². The Bertz CT molecular complexity index is 590. The molecule has 0 aromatic heterocycles. The largest absolute Gasteiger partial charge is 0.481 e. The molecule has 0 atom stereocenters. The average Bonchev–Trinajstić information content (AvgIpc) is 2.55. The Morgan fingerprint density at radius 2 is 0.500 bits per heavy atom. The molecule has 8 N–H and O–H groups in total. The van der Waals surface area contributed by atoms with Gasteiger partial charge in [-0.25, -0.2) is 0 Å². The normalized spacial score (nSPS) is 8.72. The van der Waals surface area contributed by atoms with Crippen molar-refractivity contribution < 1.29 is 79.2 Å². The molecule has 0 heterocycles. The van der Waals surface area contributed by atoms with Gasteiger partial charge in [-0.15, -0.1) is 0 Å². The lowest BCUT2D eigenvalue weighted by Gasteiger charge is -2.23. The van der Waals surface area contributed by atoms with Crippen LogP contribution in [0.15, 0.2) is 0 Å². The zero-order valence-corrected chi connectivity index (χ0v) is 20.0. The highest BCUT2D eigenvalue weighted by Gasteiger charge is 2.17. The molecule has 0 amide bonds. The zero-order valence-electron chi connectivity index (χ0n) is 20.0. The molecule has 18 nitrogen and oxygen atoms in total. The van der Waals surface area contributed by atoms with Crippen LogP contribution in [0.1, 0.15) is 27.7 Å². The van der Waals surface area contributed by atoms with Crippen LogP contribution in [0.25, 0.3) is 0 Å². The van der Waals surface area contributed by atoms with E-state index in [-0.39, 0.29) is 13.1 Å². The second-order valence-corrected chi connectivity index (χ2v) is 6.07. The van der Waals surface area contributed by atoms with Crippen LogP contribution in [-0.2, 0) is 38.4 Å². The van der Waals surface area contributed by atoms with Crippen molar-refractivity contribution in [3.8, 4) is 0 Å². The molecule has 0 radical (unpaired) electrons. The Labute approximate surface area is 204 Å². The summed E-state index contributed by atoms with van der Waals surface area (Å²) in [6, 6.07) is 0. The van der Waals surface area contributed by atoms with Gasteiger partial charge in [-0.05, 0) is 0 Å². The molecule has 18 heteroatoms. The number of carboxylic acid groups (broad SMARTS) is 8. The summed E-state index contributed by atoms with van der Waals surface area (Å²) in [4.78, 5) is 80.4. The van der Waals surface area contributed by atoms with Crippen LogP contribution in [0.5, 0.6) is 0 Å². The summed E-state index contributed by atoms with van der Waals surface area (Å²) in [5.41, 5.74) is 0. The molecule has 0 aliphatic carbocycles. The number of rotatable bonds is 11. The first kappa shape index (κ1) is 41.9. The second-order valence-electron chi connectivity index (χ2n) is 6.07. The van der Waals surface area contributed by atoms with Gasteiger partial charge in [0.1, 0.15) is 0 Å². The van der Waals surface area contributed by atoms with Gasteiger partial charge in [-0.2, -0.15) is 0 Å². The summed E-state index contributed by atoms with van der Waals surface area (Å²) < 4.78 is 0. The third kappa shape index (κ3) is 87.7. The average molecular weight is 532 g/mol. The molecule has 0 aromatic rings. The highest BCUT2D eigenvalue weighted by molar-refractivity contribution is 5.73. The van der Waals surface area contributed by atoms with Gasteiger partial charge in [0.25, 0.3) is 23.9 Å². The molecular formula is C18H32N2O16. The molecule has 36 heavy (non-hydrogen) atoms. The van der Waals surface area contributed by atoms with E-state index in [0.717, 1.165) is 37.5 Å². The highest BCUT2D eigenvalue weighted by atomic mass is 16.4. The van der Waals surface area contributed by atoms with Gasteiger partial charge >= 0.3 is 23.9 Å². The molecule has 0 bridgehead atoms. The third-order valence-electron chi connectivity index (χ3n) is 2.17. The lowest BCUT2D eigenvalue weighted by Crippen LogP contribution is -2.43. The number of hydrogen-bond acceptors (Lipinski definition) is 10. The molecule has 0 rings (SSSR count). The minimum Gasteiger partial charge on any atom is -0.481 e. The predicted molar refractivity (Wildman–Crippen MR) is 117 cm³/mol. The topological polar surface area (TPSA) is 305 Å². The summed E-state index contributed by atoms with van der Waals surface area (Å²) in [7, 11) is 0. The van der Waals surface area contributed by atoms with Gasteiger partial charge in [0.2, 0.25) is 0 Å². The lowest BCUT2D eigenvalue weighted by atomic mass is 10.4. The number of carboxylic acids is 8. The first-order chi connectivity index (χ1) is 16.1. The maximum atomic E-state index is 10.6. The first-order valence-corrected chi connectivity index (χ1v) is 9.23. The summed E-state index contributed by atoms with van der Waals surface area (Å²) >= 11 is 0. The van der Waals surface area contributed by atoms with Crippen LogP contribution < -0.4 is 0 Å². The third-order valence-corrected chi connectivity index (χ3v) is 2.17. The molecule has 0 unspecified atom stereocenters. The van der Waals surface area contributed by atoms with E-state index in [1.165, 1.54) is 0 Å². The van der Waals surface area contributed by atoms with Crippen LogP contribution in [0, 0.1) is 0 Å². The van der Waals surface area contributed by atoms with Gasteiger partial charge in [-0.1, -0.05) is 0 Å². The van der Waals surface area contributed by atoms with Crippen LogP contribution >= 0.6 is 0 Å². The molecule has 0 spiro atoms. The van der Waals surface area contributed by atoms with E-state index in [4.69, 9.17) is 60.0 Å². The summed E-state index contributed by atoms with van der Waals surface area (Å²) in [6.07, 6.45) is 0. The van der Waals surface area contributed by atoms with Gasteiger partial charge < -0.3 is 40.9 Å². The van der Waals surface area contributed by atoms with E-state index in [9.17, 15) is 19.2 Å². The fraction of sp³-hybridized carbons (Fsp3) is 0.556. The molecular weight excluding hydrogens is 500 g/mol. The molecule has 0 saturated carbocycles. The van der Waals surface area contributed by atoms with Crippen molar-refractivity contribution in [1.29, 1.82) is 0 Å². The van der Waals surface area contributed by atoms with Crippen LogP contribution in [-0.4, -0.2) is 138 Å². The van der Waals surface area contributed by atoms with Crippen molar-refractivity contribution in [3.05, 3.63) is 0 Å². The van der Waals surface area contributed by atoms with E-state index in [0.29, 0.717) is 0 Å². The van der Waals surface area contributed by atoms with Gasteiger partial charge in [0.15, 0.2) is 0 Å². The second kappa shape index (κ2) is 26.9. The van der Waals surface area contributed by atoms with Gasteiger partial charge in [0, 0.05) is 40.8 Å². The summed E-state index contributed by atoms with van der Waals surface area (Å²) in [5, 5.41) is 64.1. The van der Waals surface area contributed by atoms with Gasteiger partial charge in [0.05, 0.1) is 26.2 Å². The Morgan fingerprint density at radius 1 is 0.389 bits per heavy atom. The quantitative estimate of drug-likeness (QED) is 0.147. The number of hydrogen-bond donors (Lipinski definition) is 8. The zero-order chi connectivity index (χ0) is 30.0. The smallest absolute Gasteiger partial charge is 0.317 e. The van der Waals surface area contributed by atoms with Crippen molar-refractivity contribution in [1.82, 2.24) is 9.80 Å². The number of carbonyl (C=O) groups is 8. The maximum Gasteiger partial charge on any atom is 0.317 e. The van der Waals surface area contributed by atoms with Crippen molar-refractivity contribution in [2.45, 2.75) is 27.7 Å². The van der Waals surface area contributed by atoms with Crippen molar-refractivity contribution >= 4 is 47.8 Å². The van der Waals surface area contributed by atoms with E-state index >= 15 is 0 Å². The molecule has 0 aromatic carbocycles. The molecule has 210 valence electrons. The SMILES string of the molecule is CC(=O)O.CC(=O)O.CC(=O)O.CC(=O)O.O=C(O)CN(CCN(CC(=O)O)CC(=O)O)CC(=O)O. The molecule has 0 aliphatic rings. The Kier molecular flexibility index (Phi) is 31.3. The number of aliphatic carboxylic acids is 8. The fourth-order valence-electron chi connectivity index (χ4n) is 1.48. The minimum atomic E-state index is -1.23. The van der Waals surface area contributed by atoms with E-state index in [1.807, 2.05) is 0 Å². The fourth-order valence-corrected chi connectivity index (χ4v) is 1.48. The Morgan fingerprint density at radius 3 is 0.583 bits per heavy atom. The molecule has 0 aliphatic heterocycles. The van der Waals surface area contributed by atoms with Gasteiger partial charge in [-0.3, -0.25) is 48.2 Å². The molecule has 0 fully saturated rings. The van der Waals surface area contributed by atoms with Crippen molar-refractivity contribution in [3.63, 3.8) is 0 Å². The van der Waals surface area contributed by atoms with E-state index < -0.39 is 73.9 Å². The molecule has 0 saturated heterocycles. The van der Waals surface area contributed by atoms with Crippen LogP contribution in [0.2, 0.25) is 0 Å². The lowest BCUT2D eigenvalue weighted by molar-refractivity contribution is -0.145. The van der Waals surface area contributed by atoms with E-state index in [1.54, 1.807) is 0 Å². The summed E-state index contributed by atoms with van der Waals surface area (Å²) in [5.74, 6) is -8.24. The standard InChI is InChI=1S/C10H16N2O8.4C2H4O2/c13-7(14)3-11(4-8(15)16)1-2-12(5-9(17)18)6-10(19)20;4*1-2(3)4/h1-6H2,(H,13,14)(H,15,16)(H,17,18)(H,19,20);4*1H3,(H,3,4). The summed E-state index contributed by atoms with van der Waals surface area (Å²) in [6.45, 7) is 2.08. The predicted octanol–water partition coefficient (Wildman–Crippen LogP) is -1.71. The van der Waals surface area contributed by atoms with Crippen molar-refractivity contribution in [2.24, 2.45) is 0 Å². The van der Waals surface area contributed by atoms with Crippen LogP contribution in [0.4, 0.5) is 0 Å². The number of nitrogens with zero attached hydrogens (tertiary/aromatic N) is 2. The van der Waals surface area contributed by atoms with Crippen molar-refractivity contribution in [2.75, 3.05) is 39.3 Å². The maximum absolute atomic E-state index is 10.6. The first-order valence-electron chi connectivity index (χ1n) is 9.23. The highest BCUT2D eigenvalue weighted by Crippen LogP contribution is 1.94. The van der Waals surface area contributed by atoms with Crippen LogP contribution in [0.3, 0.4) is 0 Å². The Balaban J connectivity index is -0.000000161. The monoisotopic (exact) mass is 532 g/mol.